The van der Waals surface area contributed by atoms with Gasteiger partial charge in [-0.25, -0.2) is 4.79 Å². The number of hydrogen-bond acceptors (Lipinski definition) is 4. The van der Waals surface area contributed by atoms with Gasteiger partial charge in [-0.1, -0.05) is 0 Å². The van der Waals surface area contributed by atoms with Crippen molar-refractivity contribution in [3.8, 4) is 0 Å². The van der Waals surface area contributed by atoms with E-state index < -0.39 is 18.0 Å². The highest BCUT2D eigenvalue weighted by atomic mass is 16.7. The third kappa shape index (κ3) is 7.70. The lowest BCUT2D eigenvalue weighted by Gasteiger charge is -2.19. The van der Waals surface area contributed by atoms with Gasteiger partial charge in [-0.05, 0) is 34.6 Å². The van der Waals surface area contributed by atoms with Crippen molar-refractivity contribution < 1.29 is 19.0 Å². The Balaban J connectivity index is 4.52. The van der Waals surface area contributed by atoms with Gasteiger partial charge in [-0.3, -0.25) is 0 Å². The summed E-state index contributed by atoms with van der Waals surface area (Å²) in [5.41, 5.74) is 5.01. The van der Waals surface area contributed by atoms with Gasteiger partial charge in [0.05, 0.1) is 0 Å². The SMILES string of the molecule is CCOC(OCC)/C(N)=N\C(=O)OC(C)(C)C. The molecule has 0 aromatic carbocycles. The lowest BCUT2D eigenvalue weighted by atomic mass is 10.2. The fraction of sp³-hybridized carbons (Fsp3) is 0.818. The summed E-state index contributed by atoms with van der Waals surface area (Å²) in [6.45, 7) is 9.67. The molecular formula is C11H22N2O4. The summed E-state index contributed by atoms with van der Waals surface area (Å²) in [6.07, 6.45) is -1.56. The van der Waals surface area contributed by atoms with E-state index in [1.165, 1.54) is 0 Å². The molecule has 6 heteroatoms. The second-order valence-corrected chi connectivity index (χ2v) is 4.26. The average molecular weight is 246 g/mol. The standard InChI is InChI=1S/C11H22N2O4/c1-6-15-9(16-7-2)8(12)13-10(14)17-11(3,4)5/h9H,6-7H2,1-5H3,(H2,12,13,14). The largest absolute Gasteiger partial charge is 0.442 e. The van der Waals surface area contributed by atoms with Gasteiger partial charge >= 0.3 is 6.09 Å². The topological polar surface area (TPSA) is 83.1 Å². The molecule has 0 heterocycles. The third-order valence-corrected chi connectivity index (χ3v) is 1.49. The highest BCUT2D eigenvalue weighted by Gasteiger charge is 2.19. The van der Waals surface area contributed by atoms with Crippen molar-refractivity contribution in [3.63, 3.8) is 0 Å². The second-order valence-electron chi connectivity index (χ2n) is 4.26. The molecular weight excluding hydrogens is 224 g/mol. The molecule has 0 atom stereocenters. The van der Waals surface area contributed by atoms with Crippen molar-refractivity contribution in [2.45, 2.75) is 46.5 Å². The number of aliphatic imine (C=N–C) groups is 1. The number of rotatable bonds is 5. The zero-order valence-electron chi connectivity index (χ0n) is 11.1. The zero-order chi connectivity index (χ0) is 13.5. The molecule has 0 bridgehead atoms. The molecule has 1 amide bonds. The van der Waals surface area contributed by atoms with E-state index in [9.17, 15) is 4.79 Å². The van der Waals surface area contributed by atoms with E-state index in [-0.39, 0.29) is 5.84 Å². The molecule has 0 aliphatic heterocycles. The van der Waals surface area contributed by atoms with Crippen molar-refractivity contribution in [3.05, 3.63) is 0 Å². The summed E-state index contributed by atoms with van der Waals surface area (Å²) in [4.78, 5) is 15.0. The van der Waals surface area contributed by atoms with Crippen LogP contribution in [-0.4, -0.2) is 37.0 Å². The van der Waals surface area contributed by atoms with Crippen molar-refractivity contribution >= 4 is 11.9 Å². The zero-order valence-corrected chi connectivity index (χ0v) is 11.1. The number of nitrogens with zero attached hydrogens (tertiary/aromatic N) is 1. The number of ether oxygens (including phenoxy) is 3. The first kappa shape index (κ1) is 15.9. The molecule has 0 unspecified atom stereocenters. The first-order chi connectivity index (χ1) is 7.80. The van der Waals surface area contributed by atoms with Crippen LogP contribution in [0, 0.1) is 0 Å². The van der Waals surface area contributed by atoms with Crippen LogP contribution in [0.25, 0.3) is 0 Å². The van der Waals surface area contributed by atoms with Crippen LogP contribution in [0.3, 0.4) is 0 Å². The number of carbonyl (C=O) groups excluding carboxylic acids is 1. The van der Waals surface area contributed by atoms with Crippen LogP contribution in [0.5, 0.6) is 0 Å². The van der Waals surface area contributed by atoms with Crippen LogP contribution in [0.2, 0.25) is 0 Å². The summed E-state index contributed by atoms with van der Waals surface area (Å²) in [5.74, 6) is -0.0389. The molecule has 0 saturated heterocycles. The summed E-state index contributed by atoms with van der Waals surface area (Å²) < 4.78 is 15.4. The second kappa shape index (κ2) is 7.24. The molecule has 0 aliphatic rings. The summed E-state index contributed by atoms with van der Waals surface area (Å²) in [5, 5.41) is 0. The van der Waals surface area contributed by atoms with Gasteiger partial charge in [-0.15, -0.1) is 0 Å². The minimum absolute atomic E-state index is 0.0389. The van der Waals surface area contributed by atoms with Gasteiger partial charge in [0.25, 0.3) is 0 Å². The van der Waals surface area contributed by atoms with Crippen LogP contribution in [0.1, 0.15) is 34.6 Å². The van der Waals surface area contributed by atoms with E-state index in [0.29, 0.717) is 13.2 Å². The van der Waals surface area contributed by atoms with Gasteiger partial charge in [-0.2, -0.15) is 4.99 Å². The molecule has 0 radical (unpaired) electrons. The number of nitrogens with two attached hydrogens (primary N) is 1. The number of hydrogen-bond donors (Lipinski definition) is 1. The molecule has 0 spiro atoms. The van der Waals surface area contributed by atoms with Gasteiger partial charge in [0.15, 0.2) is 5.84 Å². The molecule has 0 rings (SSSR count). The van der Waals surface area contributed by atoms with E-state index in [1.807, 2.05) is 0 Å². The number of carbonyl (C=O) groups is 1. The molecule has 6 nitrogen and oxygen atoms in total. The Morgan fingerprint density at radius 1 is 1.24 bits per heavy atom. The smallest absolute Gasteiger partial charge is 0.435 e. The third-order valence-electron chi connectivity index (χ3n) is 1.49. The molecule has 2 N–H and O–H groups in total. The maximum absolute atomic E-state index is 11.4. The van der Waals surface area contributed by atoms with E-state index in [0.717, 1.165) is 0 Å². The van der Waals surface area contributed by atoms with Gasteiger partial charge in [0, 0.05) is 13.2 Å². The van der Waals surface area contributed by atoms with Crippen molar-refractivity contribution in [1.29, 1.82) is 0 Å². The van der Waals surface area contributed by atoms with E-state index >= 15 is 0 Å². The highest BCUT2D eigenvalue weighted by molar-refractivity contribution is 5.92. The summed E-state index contributed by atoms with van der Waals surface area (Å²) >= 11 is 0. The van der Waals surface area contributed by atoms with Crippen LogP contribution in [-0.2, 0) is 14.2 Å². The van der Waals surface area contributed by atoms with Crippen LogP contribution < -0.4 is 5.73 Å². The van der Waals surface area contributed by atoms with Gasteiger partial charge in [0.1, 0.15) is 5.60 Å². The first-order valence-electron chi connectivity index (χ1n) is 5.60. The number of amides is 1. The fourth-order valence-corrected chi connectivity index (χ4v) is 0.964. The Bertz CT molecular complexity index is 265. The maximum Gasteiger partial charge on any atom is 0.435 e. The van der Waals surface area contributed by atoms with E-state index in [1.54, 1.807) is 34.6 Å². The number of amidine groups is 1. The molecule has 0 aliphatic carbocycles. The minimum Gasteiger partial charge on any atom is -0.442 e. The molecule has 0 aromatic heterocycles. The molecule has 0 fully saturated rings. The maximum atomic E-state index is 11.4. The van der Waals surface area contributed by atoms with Crippen LogP contribution >= 0.6 is 0 Å². The normalized spacial score (nSPS) is 12.9. The van der Waals surface area contributed by atoms with E-state index in [4.69, 9.17) is 19.9 Å². The van der Waals surface area contributed by atoms with Crippen molar-refractivity contribution in [2.75, 3.05) is 13.2 Å². The quantitative estimate of drug-likeness (QED) is 0.453. The Kier molecular flexibility index (Phi) is 6.75. The molecule has 0 aromatic rings. The van der Waals surface area contributed by atoms with Crippen molar-refractivity contribution in [1.82, 2.24) is 0 Å². The summed E-state index contributed by atoms with van der Waals surface area (Å²) in [7, 11) is 0. The lowest BCUT2D eigenvalue weighted by molar-refractivity contribution is -0.0908. The predicted octanol–water partition coefficient (Wildman–Crippen LogP) is 1.68. The Morgan fingerprint density at radius 3 is 2.06 bits per heavy atom. The van der Waals surface area contributed by atoms with Crippen LogP contribution in [0.15, 0.2) is 4.99 Å². The first-order valence-corrected chi connectivity index (χ1v) is 5.60. The Morgan fingerprint density at radius 2 is 1.71 bits per heavy atom. The monoisotopic (exact) mass is 246 g/mol. The fourth-order valence-electron chi connectivity index (χ4n) is 0.964. The highest BCUT2D eigenvalue weighted by Crippen LogP contribution is 2.08. The van der Waals surface area contributed by atoms with Crippen LogP contribution in [0.4, 0.5) is 4.79 Å². The lowest BCUT2D eigenvalue weighted by Crippen LogP contribution is -2.35. The Labute approximate surface area is 102 Å². The Hall–Kier alpha value is -1.14. The summed E-state index contributed by atoms with van der Waals surface area (Å²) in [6, 6.07) is 0. The molecule has 17 heavy (non-hydrogen) atoms. The average Bonchev–Trinajstić information content (AvgIpc) is 2.14. The predicted molar refractivity (Wildman–Crippen MR) is 64.9 cm³/mol. The van der Waals surface area contributed by atoms with Crippen molar-refractivity contribution in [2.24, 2.45) is 10.7 Å². The van der Waals surface area contributed by atoms with Gasteiger partial charge in [0.2, 0.25) is 6.29 Å². The molecule has 100 valence electrons. The minimum atomic E-state index is -0.808. The van der Waals surface area contributed by atoms with Gasteiger partial charge < -0.3 is 19.9 Å². The van der Waals surface area contributed by atoms with E-state index in [2.05, 4.69) is 4.99 Å². The molecule has 0 saturated carbocycles.